The topological polar surface area (TPSA) is 63.6 Å². The molecule has 3 heterocycles. The number of alkyl halides is 3. The van der Waals surface area contributed by atoms with Gasteiger partial charge in [0.25, 0.3) is 5.56 Å². The van der Waals surface area contributed by atoms with Crippen LogP contribution in [0.4, 0.5) is 13.2 Å². The molecule has 21 heavy (non-hydrogen) atoms. The minimum atomic E-state index is -4.57. The van der Waals surface area contributed by atoms with E-state index in [4.69, 9.17) is 0 Å². The molecular formula is C12H6BrF3N4O. The quantitative estimate of drug-likeness (QED) is 0.727. The fourth-order valence-electron chi connectivity index (χ4n) is 1.91. The minimum Gasteiger partial charge on any atom is -0.305 e. The number of hydrogen-bond donors (Lipinski definition) is 1. The molecule has 0 spiro atoms. The summed E-state index contributed by atoms with van der Waals surface area (Å²) in [6, 6.07) is 3.58. The number of hydrogen-bond acceptors (Lipinski definition) is 3. The molecule has 9 heteroatoms. The van der Waals surface area contributed by atoms with E-state index in [0.717, 1.165) is 10.7 Å². The molecular weight excluding hydrogens is 353 g/mol. The first-order valence-electron chi connectivity index (χ1n) is 5.67. The third kappa shape index (κ3) is 2.33. The van der Waals surface area contributed by atoms with Crippen LogP contribution in [0, 0.1) is 0 Å². The molecule has 0 aliphatic carbocycles. The molecule has 0 unspecified atom stereocenters. The van der Waals surface area contributed by atoms with Gasteiger partial charge in [0.05, 0.1) is 10.7 Å². The van der Waals surface area contributed by atoms with E-state index in [1.54, 1.807) is 0 Å². The van der Waals surface area contributed by atoms with Crippen molar-refractivity contribution in [3.05, 3.63) is 51.0 Å². The molecule has 0 radical (unpaired) electrons. The lowest BCUT2D eigenvalue weighted by Gasteiger charge is -2.11. The summed E-state index contributed by atoms with van der Waals surface area (Å²) in [5, 5.41) is 4.37. The summed E-state index contributed by atoms with van der Waals surface area (Å²) in [4.78, 5) is 17.8. The summed E-state index contributed by atoms with van der Waals surface area (Å²) in [5.41, 5.74) is -1.25. The van der Waals surface area contributed by atoms with Crippen molar-refractivity contribution in [2.45, 2.75) is 6.18 Å². The van der Waals surface area contributed by atoms with E-state index in [0.29, 0.717) is 5.39 Å². The number of pyridine rings is 2. The molecule has 5 nitrogen and oxygen atoms in total. The van der Waals surface area contributed by atoms with Crippen molar-refractivity contribution in [3.63, 3.8) is 0 Å². The van der Waals surface area contributed by atoms with E-state index in [2.05, 4.69) is 31.0 Å². The number of nitrogens with zero attached hydrogens (tertiary/aromatic N) is 3. The van der Waals surface area contributed by atoms with E-state index >= 15 is 0 Å². The minimum absolute atomic E-state index is 0.146. The first-order chi connectivity index (χ1) is 9.88. The Morgan fingerprint density at radius 1 is 1.33 bits per heavy atom. The van der Waals surface area contributed by atoms with Crippen LogP contribution >= 0.6 is 15.9 Å². The molecule has 0 fully saturated rings. The van der Waals surface area contributed by atoms with Gasteiger partial charge >= 0.3 is 6.18 Å². The molecule has 0 aromatic carbocycles. The van der Waals surface area contributed by atoms with Gasteiger partial charge in [-0.05, 0) is 34.1 Å². The zero-order valence-corrected chi connectivity index (χ0v) is 11.7. The van der Waals surface area contributed by atoms with Gasteiger partial charge < -0.3 is 4.98 Å². The summed E-state index contributed by atoms with van der Waals surface area (Å²) >= 11 is 3.05. The molecule has 0 atom stereocenters. The van der Waals surface area contributed by atoms with Crippen LogP contribution in [0.15, 0.2) is 39.9 Å². The molecule has 0 aliphatic rings. The van der Waals surface area contributed by atoms with E-state index in [1.807, 2.05) is 0 Å². The lowest BCUT2D eigenvalue weighted by Crippen LogP contribution is -2.15. The number of fused-ring (bicyclic) bond motifs is 1. The molecule has 3 aromatic rings. The van der Waals surface area contributed by atoms with Gasteiger partial charge in [0, 0.05) is 11.6 Å². The molecule has 3 rings (SSSR count). The van der Waals surface area contributed by atoms with Crippen molar-refractivity contribution < 1.29 is 13.2 Å². The monoisotopic (exact) mass is 358 g/mol. The summed E-state index contributed by atoms with van der Waals surface area (Å²) in [7, 11) is 0. The molecule has 108 valence electrons. The Kier molecular flexibility index (Phi) is 3.08. The number of nitrogens with one attached hydrogen (secondary N) is 1. The van der Waals surface area contributed by atoms with Gasteiger partial charge in [-0.3, -0.25) is 4.79 Å². The van der Waals surface area contributed by atoms with Crippen molar-refractivity contribution >= 4 is 27.0 Å². The lowest BCUT2D eigenvalue weighted by atomic mass is 10.2. The van der Waals surface area contributed by atoms with E-state index in [1.165, 1.54) is 24.5 Å². The molecule has 0 amide bonds. The molecule has 0 aliphatic heterocycles. The second-order valence-electron chi connectivity index (χ2n) is 4.18. The number of aromatic nitrogens is 4. The van der Waals surface area contributed by atoms with Crippen LogP contribution in [0.25, 0.3) is 16.9 Å². The van der Waals surface area contributed by atoms with Crippen molar-refractivity contribution in [1.29, 1.82) is 0 Å². The molecule has 0 saturated heterocycles. The normalized spacial score (nSPS) is 12.0. The highest BCUT2D eigenvalue weighted by Crippen LogP contribution is 2.33. The zero-order valence-electron chi connectivity index (χ0n) is 10.1. The standard InChI is InChI=1S/C12H6BrF3N4O/c13-8-4-6-5-18-20(9(6)19-11(8)21)10-7(12(14,15)16)2-1-3-17-10/h1-5H,(H,19,21). The van der Waals surface area contributed by atoms with Crippen LogP contribution in [0.3, 0.4) is 0 Å². The molecule has 3 aromatic heterocycles. The fraction of sp³-hybridized carbons (Fsp3) is 0.0833. The third-order valence-electron chi connectivity index (χ3n) is 2.82. The number of halogens is 4. The van der Waals surface area contributed by atoms with E-state index < -0.39 is 23.1 Å². The second kappa shape index (κ2) is 4.69. The Hall–Kier alpha value is -2.16. The Morgan fingerprint density at radius 3 is 2.81 bits per heavy atom. The summed E-state index contributed by atoms with van der Waals surface area (Å²) in [5.74, 6) is -0.391. The highest BCUT2D eigenvalue weighted by molar-refractivity contribution is 9.10. The average Bonchev–Trinajstić information content (AvgIpc) is 2.81. The largest absolute Gasteiger partial charge is 0.420 e. The van der Waals surface area contributed by atoms with Gasteiger partial charge in [-0.15, -0.1) is 0 Å². The van der Waals surface area contributed by atoms with Crippen LogP contribution in [0.5, 0.6) is 0 Å². The van der Waals surface area contributed by atoms with Gasteiger partial charge in [0.15, 0.2) is 5.82 Å². The van der Waals surface area contributed by atoms with Gasteiger partial charge in [0.2, 0.25) is 0 Å². The first kappa shape index (κ1) is 13.8. The van der Waals surface area contributed by atoms with E-state index in [-0.39, 0.29) is 10.1 Å². The fourth-order valence-corrected chi connectivity index (χ4v) is 2.25. The molecule has 1 N–H and O–H groups in total. The molecule has 0 bridgehead atoms. The van der Waals surface area contributed by atoms with Gasteiger partial charge in [-0.25, -0.2) is 4.98 Å². The summed E-state index contributed by atoms with van der Waals surface area (Å²) < 4.78 is 40.3. The maximum Gasteiger partial charge on any atom is 0.420 e. The number of rotatable bonds is 1. The zero-order chi connectivity index (χ0) is 15.2. The van der Waals surface area contributed by atoms with Gasteiger partial charge in [0.1, 0.15) is 11.2 Å². The lowest BCUT2D eigenvalue weighted by molar-refractivity contribution is -0.137. The number of H-pyrrole nitrogens is 1. The Balaban J connectivity index is 2.32. The third-order valence-corrected chi connectivity index (χ3v) is 3.41. The molecule has 0 saturated carbocycles. The van der Waals surface area contributed by atoms with Crippen molar-refractivity contribution in [1.82, 2.24) is 19.7 Å². The van der Waals surface area contributed by atoms with Crippen LogP contribution in [0.1, 0.15) is 5.56 Å². The SMILES string of the molecule is O=c1[nH]c2c(cnn2-c2ncccc2C(F)(F)F)cc1Br. The van der Waals surface area contributed by atoms with Gasteiger partial charge in [-0.2, -0.15) is 23.0 Å². The second-order valence-corrected chi connectivity index (χ2v) is 5.03. The van der Waals surface area contributed by atoms with Crippen molar-refractivity contribution in [2.75, 3.05) is 0 Å². The van der Waals surface area contributed by atoms with Crippen molar-refractivity contribution in [2.24, 2.45) is 0 Å². The highest BCUT2D eigenvalue weighted by Gasteiger charge is 2.35. The Bertz CT molecular complexity index is 884. The summed E-state index contributed by atoms with van der Waals surface area (Å²) in [6.07, 6.45) is -1.99. The van der Waals surface area contributed by atoms with Crippen LogP contribution < -0.4 is 5.56 Å². The summed E-state index contributed by atoms with van der Waals surface area (Å²) in [6.45, 7) is 0. The number of aromatic amines is 1. The smallest absolute Gasteiger partial charge is 0.305 e. The Labute approximate surface area is 123 Å². The highest BCUT2D eigenvalue weighted by atomic mass is 79.9. The van der Waals surface area contributed by atoms with Crippen LogP contribution in [-0.4, -0.2) is 19.7 Å². The van der Waals surface area contributed by atoms with Crippen LogP contribution in [-0.2, 0) is 6.18 Å². The Morgan fingerprint density at radius 2 is 2.10 bits per heavy atom. The van der Waals surface area contributed by atoms with Gasteiger partial charge in [-0.1, -0.05) is 0 Å². The van der Waals surface area contributed by atoms with Crippen LogP contribution in [0.2, 0.25) is 0 Å². The predicted molar refractivity (Wildman–Crippen MR) is 72.2 cm³/mol. The maximum atomic E-state index is 13.0. The maximum absolute atomic E-state index is 13.0. The van der Waals surface area contributed by atoms with E-state index in [9.17, 15) is 18.0 Å². The van der Waals surface area contributed by atoms with Crippen molar-refractivity contribution in [3.8, 4) is 5.82 Å². The average molecular weight is 359 g/mol. The first-order valence-corrected chi connectivity index (χ1v) is 6.46. The predicted octanol–water partition coefficient (Wildman–Crippen LogP) is 2.89.